The van der Waals surface area contributed by atoms with Gasteiger partial charge in [-0.05, 0) is 12.1 Å². The molecule has 3 aromatic rings. The maximum absolute atomic E-state index is 8.75. The summed E-state index contributed by atoms with van der Waals surface area (Å²) in [5, 5.41) is 21.8. The highest BCUT2D eigenvalue weighted by molar-refractivity contribution is 7.13. The van der Waals surface area contributed by atoms with Gasteiger partial charge in [0.1, 0.15) is 10.7 Å². The zero-order valence-electron chi connectivity index (χ0n) is 9.16. The molecule has 0 atom stereocenters. The fourth-order valence-corrected chi connectivity index (χ4v) is 2.33. The van der Waals surface area contributed by atoms with Crippen LogP contribution in [0.25, 0.3) is 22.0 Å². The van der Waals surface area contributed by atoms with Gasteiger partial charge in [0.15, 0.2) is 0 Å². The van der Waals surface area contributed by atoms with Crippen LogP contribution in [0.3, 0.4) is 0 Å². The van der Waals surface area contributed by atoms with Gasteiger partial charge in [-0.25, -0.2) is 4.98 Å². The molecular weight excluding hydrogens is 246 g/mol. The first-order valence-corrected chi connectivity index (χ1v) is 6.07. The summed E-state index contributed by atoms with van der Waals surface area (Å²) in [7, 11) is 0. The van der Waals surface area contributed by atoms with Gasteiger partial charge in [-0.15, -0.1) is 11.3 Å². The van der Waals surface area contributed by atoms with Crippen LogP contribution >= 0.6 is 11.3 Å². The number of benzene rings is 1. The molecule has 86 valence electrons. The van der Waals surface area contributed by atoms with Crippen molar-refractivity contribution in [2.75, 3.05) is 0 Å². The molecule has 0 saturated heterocycles. The molecule has 0 aliphatic heterocycles. The molecule has 0 saturated carbocycles. The van der Waals surface area contributed by atoms with E-state index < -0.39 is 0 Å². The average molecular weight is 253 g/mol. The van der Waals surface area contributed by atoms with Crippen LogP contribution in [-0.2, 0) is 0 Å². The Morgan fingerprint density at radius 1 is 1.17 bits per heavy atom. The molecule has 2 aromatic heterocycles. The van der Waals surface area contributed by atoms with E-state index in [0.717, 1.165) is 22.0 Å². The Labute approximate surface area is 107 Å². The third kappa shape index (κ3) is 1.87. The number of hydrogen-bond donors (Lipinski definition) is 1. The molecule has 0 spiro atoms. The molecule has 6 heteroatoms. The highest BCUT2D eigenvalue weighted by atomic mass is 32.1. The van der Waals surface area contributed by atoms with Crippen molar-refractivity contribution in [3.63, 3.8) is 0 Å². The van der Waals surface area contributed by atoms with Gasteiger partial charge in [-0.1, -0.05) is 12.1 Å². The van der Waals surface area contributed by atoms with E-state index in [-0.39, 0.29) is 0 Å². The van der Waals surface area contributed by atoms with Crippen LogP contribution in [0.4, 0.5) is 0 Å². The van der Waals surface area contributed by atoms with Gasteiger partial charge >= 0.3 is 0 Å². The maximum atomic E-state index is 8.75. The van der Waals surface area contributed by atoms with Crippen LogP contribution in [-0.4, -0.2) is 20.4 Å². The normalized spacial score (nSPS) is 10.2. The van der Waals surface area contributed by atoms with Gasteiger partial charge < -0.3 is 0 Å². The first kappa shape index (κ1) is 10.6. The summed E-state index contributed by atoms with van der Waals surface area (Å²) in [6.07, 6.45) is 1.64. The molecule has 2 heterocycles. The number of nitrogens with zero attached hydrogens (tertiary/aromatic N) is 4. The summed E-state index contributed by atoms with van der Waals surface area (Å²) < 4.78 is 0. The quantitative estimate of drug-likeness (QED) is 0.761. The van der Waals surface area contributed by atoms with E-state index in [9.17, 15) is 0 Å². The standard InChI is InChI=1S/C12H7N5S/c13-5-8-1-3-9(4-2-8)11-7-18-12(15-11)10-6-14-17-16-10/h1-4,6-7H,(H,14,16,17). The largest absolute Gasteiger partial charge is 0.234 e. The van der Waals surface area contributed by atoms with Crippen LogP contribution in [0, 0.1) is 11.3 Å². The van der Waals surface area contributed by atoms with E-state index in [2.05, 4.69) is 26.5 Å². The molecule has 18 heavy (non-hydrogen) atoms. The molecule has 0 radical (unpaired) electrons. The van der Waals surface area contributed by atoms with E-state index in [4.69, 9.17) is 5.26 Å². The molecule has 1 aromatic carbocycles. The fraction of sp³-hybridized carbons (Fsp3) is 0. The van der Waals surface area contributed by atoms with Gasteiger partial charge in [-0.3, -0.25) is 0 Å². The Morgan fingerprint density at radius 2 is 2.00 bits per heavy atom. The lowest BCUT2D eigenvalue weighted by Gasteiger charge is -1.95. The Morgan fingerprint density at radius 3 is 2.67 bits per heavy atom. The van der Waals surface area contributed by atoms with Crippen molar-refractivity contribution in [3.05, 3.63) is 41.4 Å². The predicted octanol–water partition coefficient (Wildman–Crippen LogP) is 2.47. The number of aromatic nitrogens is 4. The minimum atomic E-state index is 0.644. The van der Waals surface area contributed by atoms with Crippen molar-refractivity contribution >= 4 is 11.3 Å². The zero-order chi connectivity index (χ0) is 12.4. The van der Waals surface area contributed by atoms with Gasteiger partial charge in [-0.2, -0.15) is 20.7 Å². The van der Waals surface area contributed by atoms with Gasteiger partial charge in [0.25, 0.3) is 0 Å². The van der Waals surface area contributed by atoms with Gasteiger partial charge in [0.2, 0.25) is 0 Å². The second kappa shape index (κ2) is 4.39. The zero-order valence-corrected chi connectivity index (χ0v) is 9.98. The lowest BCUT2D eigenvalue weighted by molar-refractivity contribution is 0.942. The van der Waals surface area contributed by atoms with Crippen LogP contribution in [0.2, 0.25) is 0 Å². The smallest absolute Gasteiger partial charge is 0.146 e. The number of rotatable bonds is 2. The fourth-order valence-electron chi connectivity index (χ4n) is 1.54. The number of nitriles is 1. The Bertz CT molecular complexity index is 691. The third-order valence-electron chi connectivity index (χ3n) is 2.45. The van der Waals surface area contributed by atoms with E-state index in [1.165, 1.54) is 11.3 Å². The molecule has 3 rings (SSSR count). The summed E-state index contributed by atoms with van der Waals surface area (Å²) in [5.74, 6) is 0. The Kier molecular flexibility index (Phi) is 2.59. The van der Waals surface area contributed by atoms with Crippen LogP contribution in [0.1, 0.15) is 5.56 Å². The lowest BCUT2D eigenvalue weighted by atomic mass is 10.1. The van der Waals surface area contributed by atoms with E-state index >= 15 is 0 Å². The second-order valence-corrected chi connectivity index (χ2v) is 4.44. The van der Waals surface area contributed by atoms with Crippen LogP contribution in [0.5, 0.6) is 0 Å². The lowest BCUT2D eigenvalue weighted by Crippen LogP contribution is -1.80. The molecule has 0 aliphatic rings. The van der Waals surface area contributed by atoms with Crippen molar-refractivity contribution in [2.45, 2.75) is 0 Å². The van der Waals surface area contributed by atoms with Crippen molar-refractivity contribution in [1.82, 2.24) is 20.4 Å². The topological polar surface area (TPSA) is 78.2 Å². The minimum absolute atomic E-state index is 0.644. The maximum Gasteiger partial charge on any atom is 0.146 e. The first-order chi connectivity index (χ1) is 8.86. The van der Waals surface area contributed by atoms with Crippen LogP contribution < -0.4 is 0 Å². The van der Waals surface area contributed by atoms with Crippen molar-refractivity contribution in [3.8, 4) is 28.0 Å². The molecule has 0 fully saturated rings. The molecule has 5 nitrogen and oxygen atoms in total. The van der Waals surface area contributed by atoms with Crippen LogP contribution in [0.15, 0.2) is 35.8 Å². The second-order valence-electron chi connectivity index (χ2n) is 3.58. The molecule has 0 unspecified atom stereocenters. The summed E-state index contributed by atoms with van der Waals surface area (Å²) >= 11 is 1.51. The monoisotopic (exact) mass is 253 g/mol. The Balaban J connectivity index is 1.95. The van der Waals surface area contributed by atoms with Crippen molar-refractivity contribution < 1.29 is 0 Å². The number of thiazole rings is 1. The average Bonchev–Trinajstić information content (AvgIpc) is 3.09. The minimum Gasteiger partial charge on any atom is -0.234 e. The highest BCUT2D eigenvalue weighted by Gasteiger charge is 2.08. The third-order valence-corrected chi connectivity index (χ3v) is 3.31. The molecule has 0 aliphatic carbocycles. The van der Waals surface area contributed by atoms with Gasteiger partial charge in [0.05, 0.1) is 23.5 Å². The van der Waals surface area contributed by atoms with E-state index in [0.29, 0.717) is 5.56 Å². The first-order valence-electron chi connectivity index (χ1n) is 5.19. The summed E-state index contributed by atoms with van der Waals surface area (Å²) in [4.78, 5) is 4.49. The van der Waals surface area contributed by atoms with Gasteiger partial charge in [0, 0.05) is 10.9 Å². The summed E-state index contributed by atoms with van der Waals surface area (Å²) in [6, 6.07) is 9.44. The number of nitrogens with one attached hydrogen (secondary N) is 1. The number of hydrogen-bond acceptors (Lipinski definition) is 5. The van der Waals surface area contributed by atoms with Crippen molar-refractivity contribution in [2.24, 2.45) is 0 Å². The highest BCUT2D eigenvalue weighted by Crippen LogP contribution is 2.27. The molecular formula is C12H7N5S. The van der Waals surface area contributed by atoms with E-state index in [1.54, 1.807) is 18.3 Å². The molecule has 0 amide bonds. The molecule has 0 bridgehead atoms. The van der Waals surface area contributed by atoms with Crippen molar-refractivity contribution in [1.29, 1.82) is 5.26 Å². The molecule has 1 N–H and O–H groups in total. The summed E-state index contributed by atoms with van der Waals surface area (Å²) in [5.41, 5.74) is 3.24. The predicted molar refractivity (Wildman–Crippen MR) is 67.6 cm³/mol. The number of aromatic amines is 1. The SMILES string of the molecule is N#Cc1ccc(-c2csc(-c3cn[nH]n3)n2)cc1. The summed E-state index contributed by atoms with van der Waals surface area (Å²) in [6.45, 7) is 0. The number of H-pyrrole nitrogens is 1. The van der Waals surface area contributed by atoms with E-state index in [1.807, 2.05) is 17.5 Å². The Hall–Kier alpha value is -2.52.